The van der Waals surface area contributed by atoms with Crippen LogP contribution in [0.5, 0.6) is 0 Å². The van der Waals surface area contributed by atoms with E-state index in [1.807, 2.05) is 0 Å². The van der Waals surface area contributed by atoms with Gasteiger partial charge in [-0.05, 0) is 40.0 Å². The number of nitrogens with zero attached hydrogens (tertiary/aromatic N) is 1. The number of rotatable bonds is 6. The molecule has 2 aromatic heterocycles. The summed E-state index contributed by atoms with van der Waals surface area (Å²) < 4.78 is 1.15. The zero-order valence-electron chi connectivity index (χ0n) is 10.3. The fourth-order valence-corrected chi connectivity index (χ4v) is 4.32. The molecule has 0 saturated heterocycles. The molecule has 2 heterocycles. The van der Waals surface area contributed by atoms with Gasteiger partial charge < -0.3 is 5.73 Å². The smallest absolute Gasteiger partial charge is 0.0567 e. The largest absolute Gasteiger partial charge is 0.329 e. The van der Waals surface area contributed by atoms with Gasteiger partial charge in [0, 0.05) is 32.7 Å². The molecule has 0 aromatic carbocycles. The summed E-state index contributed by atoms with van der Waals surface area (Å²) in [6, 6.07) is 6.78. The molecule has 0 aliphatic heterocycles. The van der Waals surface area contributed by atoms with Crippen molar-refractivity contribution in [3.63, 3.8) is 0 Å². The Morgan fingerprint density at radius 2 is 2.28 bits per heavy atom. The first kappa shape index (κ1) is 14.2. The van der Waals surface area contributed by atoms with Crippen molar-refractivity contribution in [2.75, 3.05) is 13.1 Å². The molecule has 0 aliphatic rings. The molecule has 1 atom stereocenters. The average molecular weight is 345 g/mol. The Hall–Kier alpha value is -0.200. The standard InChI is InChI=1S/C13H17BrN2S2/c1-2-16(8-11-4-3-5-17-11)12(7-15)13-6-10(14)9-18-13/h3-6,9,12H,2,7-8,15H2,1H3. The van der Waals surface area contributed by atoms with Crippen LogP contribution in [-0.2, 0) is 6.54 Å². The normalized spacial score (nSPS) is 13.1. The molecule has 98 valence electrons. The van der Waals surface area contributed by atoms with Crippen LogP contribution in [0, 0.1) is 0 Å². The molecule has 2 aromatic rings. The van der Waals surface area contributed by atoms with Crippen molar-refractivity contribution in [2.45, 2.75) is 19.5 Å². The quantitative estimate of drug-likeness (QED) is 0.854. The topological polar surface area (TPSA) is 29.3 Å². The summed E-state index contributed by atoms with van der Waals surface area (Å²) >= 11 is 7.09. The Balaban J connectivity index is 2.13. The van der Waals surface area contributed by atoms with E-state index in [0.717, 1.165) is 17.6 Å². The van der Waals surface area contributed by atoms with Crippen LogP contribution in [0.25, 0.3) is 0 Å². The van der Waals surface area contributed by atoms with E-state index < -0.39 is 0 Å². The lowest BCUT2D eigenvalue weighted by Crippen LogP contribution is -2.32. The van der Waals surface area contributed by atoms with Crippen LogP contribution in [0.1, 0.15) is 22.7 Å². The first-order valence-corrected chi connectivity index (χ1v) is 8.50. The molecule has 0 spiro atoms. The third-order valence-corrected chi connectivity index (χ3v) is 5.58. The second-order valence-corrected chi connectivity index (χ2v) is 6.95. The molecule has 1 unspecified atom stereocenters. The van der Waals surface area contributed by atoms with Crippen molar-refractivity contribution in [1.82, 2.24) is 4.90 Å². The van der Waals surface area contributed by atoms with E-state index in [2.05, 4.69) is 56.7 Å². The molecule has 2 N–H and O–H groups in total. The summed E-state index contributed by atoms with van der Waals surface area (Å²) in [6.07, 6.45) is 0. The third-order valence-electron chi connectivity index (χ3n) is 2.93. The van der Waals surface area contributed by atoms with Crippen LogP contribution in [0.4, 0.5) is 0 Å². The summed E-state index contributed by atoms with van der Waals surface area (Å²) in [6.45, 7) is 4.84. The van der Waals surface area contributed by atoms with Crippen LogP contribution in [0.3, 0.4) is 0 Å². The van der Waals surface area contributed by atoms with Gasteiger partial charge in [0.2, 0.25) is 0 Å². The van der Waals surface area contributed by atoms with Crippen molar-refractivity contribution in [3.05, 3.63) is 43.2 Å². The maximum Gasteiger partial charge on any atom is 0.0567 e. The minimum absolute atomic E-state index is 0.313. The third kappa shape index (κ3) is 3.42. The minimum Gasteiger partial charge on any atom is -0.329 e. The molecule has 0 fully saturated rings. The monoisotopic (exact) mass is 344 g/mol. The van der Waals surface area contributed by atoms with E-state index in [9.17, 15) is 0 Å². The maximum absolute atomic E-state index is 5.97. The molecular weight excluding hydrogens is 328 g/mol. The highest BCUT2D eigenvalue weighted by Crippen LogP contribution is 2.30. The number of hydrogen-bond acceptors (Lipinski definition) is 4. The van der Waals surface area contributed by atoms with Gasteiger partial charge in [0.25, 0.3) is 0 Å². The first-order valence-electron chi connectivity index (χ1n) is 5.95. The molecule has 2 rings (SSSR count). The predicted octanol–water partition coefficient (Wildman–Crippen LogP) is 4.09. The average Bonchev–Trinajstić information content (AvgIpc) is 3.01. The Labute approximate surface area is 125 Å². The Morgan fingerprint density at radius 3 is 2.78 bits per heavy atom. The highest BCUT2D eigenvalue weighted by molar-refractivity contribution is 9.10. The molecule has 18 heavy (non-hydrogen) atoms. The summed E-state index contributed by atoms with van der Waals surface area (Å²) in [5.74, 6) is 0. The van der Waals surface area contributed by atoms with Gasteiger partial charge in [0.1, 0.15) is 0 Å². The molecule has 5 heteroatoms. The van der Waals surface area contributed by atoms with Gasteiger partial charge in [0.05, 0.1) is 6.04 Å². The van der Waals surface area contributed by atoms with Crippen LogP contribution >= 0.6 is 38.6 Å². The van der Waals surface area contributed by atoms with Gasteiger partial charge >= 0.3 is 0 Å². The first-order chi connectivity index (χ1) is 8.74. The molecular formula is C13H17BrN2S2. The SMILES string of the molecule is CCN(Cc1cccs1)C(CN)c1cc(Br)cs1. The van der Waals surface area contributed by atoms with E-state index in [0.29, 0.717) is 12.6 Å². The number of likely N-dealkylation sites (N-methyl/N-ethyl adjacent to an activating group) is 1. The second kappa shape index (κ2) is 6.82. The predicted molar refractivity (Wildman–Crippen MR) is 84.2 cm³/mol. The Morgan fingerprint density at radius 1 is 1.44 bits per heavy atom. The fourth-order valence-electron chi connectivity index (χ4n) is 1.99. The van der Waals surface area contributed by atoms with Crippen molar-refractivity contribution >= 4 is 38.6 Å². The molecule has 0 amide bonds. The lowest BCUT2D eigenvalue weighted by Gasteiger charge is -2.28. The van der Waals surface area contributed by atoms with Gasteiger partial charge in [-0.1, -0.05) is 13.0 Å². The van der Waals surface area contributed by atoms with Crippen molar-refractivity contribution < 1.29 is 0 Å². The van der Waals surface area contributed by atoms with E-state index >= 15 is 0 Å². The lowest BCUT2D eigenvalue weighted by atomic mass is 10.2. The number of nitrogens with two attached hydrogens (primary N) is 1. The molecule has 0 saturated carbocycles. The molecule has 0 bridgehead atoms. The van der Waals surface area contributed by atoms with Crippen LogP contribution in [-0.4, -0.2) is 18.0 Å². The summed E-state index contributed by atoms with van der Waals surface area (Å²) in [5.41, 5.74) is 5.97. The number of thiophene rings is 2. The lowest BCUT2D eigenvalue weighted by molar-refractivity contribution is 0.208. The minimum atomic E-state index is 0.313. The van der Waals surface area contributed by atoms with Crippen molar-refractivity contribution in [2.24, 2.45) is 5.73 Å². The summed E-state index contributed by atoms with van der Waals surface area (Å²) in [7, 11) is 0. The number of hydrogen-bond donors (Lipinski definition) is 1. The van der Waals surface area contributed by atoms with Gasteiger partial charge in [-0.2, -0.15) is 0 Å². The zero-order valence-corrected chi connectivity index (χ0v) is 13.5. The summed E-state index contributed by atoms with van der Waals surface area (Å²) in [5, 5.41) is 4.25. The van der Waals surface area contributed by atoms with Gasteiger partial charge in [-0.25, -0.2) is 0 Å². The van der Waals surface area contributed by atoms with Crippen LogP contribution < -0.4 is 5.73 Å². The fraction of sp³-hybridized carbons (Fsp3) is 0.385. The Bertz CT molecular complexity index is 467. The van der Waals surface area contributed by atoms with E-state index in [4.69, 9.17) is 5.73 Å². The van der Waals surface area contributed by atoms with E-state index in [1.54, 1.807) is 22.7 Å². The summed E-state index contributed by atoms with van der Waals surface area (Å²) in [4.78, 5) is 5.16. The highest BCUT2D eigenvalue weighted by Gasteiger charge is 2.19. The van der Waals surface area contributed by atoms with E-state index in [-0.39, 0.29) is 0 Å². The van der Waals surface area contributed by atoms with Gasteiger partial charge in [0.15, 0.2) is 0 Å². The molecule has 0 aliphatic carbocycles. The Kier molecular flexibility index (Phi) is 5.38. The van der Waals surface area contributed by atoms with Crippen molar-refractivity contribution in [3.8, 4) is 0 Å². The molecule has 0 radical (unpaired) electrons. The van der Waals surface area contributed by atoms with Crippen LogP contribution in [0.15, 0.2) is 33.4 Å². The highest BCUT2D eigenvalue weighted by atomic mass is 79.9. The second-order valence-electron chi connectivity index (χ2n) is 4.06. The van der Waals surface area contributed by atoms with Gasteiger partial charge in [-0.15, -0.1) is 22.7 Å². The molecule has 2 nitrogen and oxygen atoms in total. The van der Waals surface area contributed by atoms with Crippen LogP contribution in [0.2, 0.25) is 0 Å². The van der Waals surface area contributed by atoms with Crippen molar-refractivity contribution in [1.29, 1.82) is 0 Å². The van der Waals surface area contributed by atoms with Gasteiger partial charge in [-0.3, -0.25) is 4.90 Å². The van der Waals surface area contributed by atoms with E-state index in [1.165, 1.54) is 9.75 Å². The maximum atomic E-state index is 5.97. The zero-order chi connectivity index (χ0) is 13.0. The number of halogens is 1.